The fraction of sp³-hybridized carbons (Fsp3) is 0.579. The smallest absolute Gasteiger partial charge is 0.370 e. The molecule has 2 heterocycles. The summed E-state index contributed by atoms with van der Waals surface area (Å²) >= 11 is 0. The molecule has 0 unspecified atom stereocenters. The second-order valence-electron chi connectivity index (χ2n) is 7.22. The minimum absolute atomic E-state index is 0.204. The van der Waals surface area contributed by atoms with Gasteiger partial charge < -0.3 is 21.3 Å². The Hall–Kier alpha value is -2.45. The number of alkyl halides is 3. The molecule has 0 fully saturated rings. The second kappa shape index (κ2) is 8.70. The third-order valence-corrected chi connectivity index (χ3v) is 5.28. The maximum Gasteiger partial charge on any atom is 0.416 e. The second-order valence-corrected chi connectivity index (χ2v) is 7.22. The van der Waals surface area contributed by atoms with E-state index in [4.69, 9.17) is 11.5 Å². The Balaban J connectivity index is 1.47. The average molecular weight is 396 g/mol. The Morgan fingerprint density at radius 2 is 1.89 bits per heavy atom. The van der Waals surface area contributed by atoms with Crippen LogP contribution >= 0.6 is 0 Å². The number of rotatable bonds is 8. The molecule has 154 valence electrons. The fourth-order valence-corrected chi connectivity index (χ4v) is 3.68. The van der Waals surface area contributed by atoms with Crippen molar-refractivity contribution in [2.45, 2.75) is 37.9 Å². The van der Waals surface area contributed by atoms with E-state index in [9.17, 15) is 13.2 Å². The first kappa shape index (κ1) is 20.3. The van der Waals surface area contributed by atoms with Crippen LogP contribution in [0.1, 0.15) is 30.4 Å². The normalized spacial score (nSPS) is 19.9. The minimum atomic E-state index is -4.32. The number of nitrogens with two attached hydrogens (primary N) is 2. The van der Waals surface area contributed by atoms with Crippen LogP contribution in [0, 0.1) is 0 Å². The molecule has 2 aliphatic rings. The highest BCUT2D eigenvalue weighted by Gasteiger charge is 2.30. The van der Waals surface area contributed by atoms with E-state index in [0.29, 0.717) is 37.0 Å². The number of hydrogen-bond donors (Lipinski definition) is 2. The summed E-state index contributed by atoms with van der Waals surface area (Å²) in [5.41, 5.74) is 11.9. The van der Waals surface area contributed by atoms with E-state index in [1.807, 2.05) is 4.90 Å². The molecule has 0 bridgehead atoms. The number of benzene rings is 1. The summed E-state index contributed by atoms with van der Waals surface area (Å²) in [6.07, 6.45) is -0.864. The fourth-order valence-electron chi connectivity index (χ4n) is 3.68. The maximum atomic E-state index is 12.9. The van der Waals surface area contributed by atoms with Crippen LogP contribution in [-0.2, 0) is 12.6 Å². The molecule has 0 amide bonds. The van der Waals surface area contributed by atoms with Crippen molar-refractivity contribution >= 4 is 11.9 Å². The molecule has 1 aromatic carbocycles. The lowest BCUT2D eigenvalue weighted by Crippen LogP contribution is -2.42. The van der Waals surface area contributed by atoms with Crippen LogP contribution < -0.4 is 11.5 Å². The van der Waals surface area contributed by atoms with Gasteiger partial charge in [0.1, 0.15) is 0 Å². The van der Waals surface area contributed by atoms with Gasteiger partial charge in [-0.2, -0.15) is 13.2 Å². The molecule has 0 saturated heterocycles. The van der Waals surface area contributed by atoms with Crippen LogP contribution in [0.2, 0.25) is 0 Å². The van der Waals surface area contributed by atoms with Crippen LogP contribution in [0.4, 0.5) is 13.2 Å². The van der Waals surface area contributed by atoms with Crippen LogP contribution in [0.25, 0.3) is 0 Å². The third kappa shape index (κ3) is 5.08. The number of aliphatic imine (C=N–C) groups is 2. The molecule has 6 nitrogen and oxygen atoms in total. The average Bonchev–Trinajstić information content (AvgIpc) is 3.22. The molecule has 0 radical (unpaired) electrons. The van der Waals surface area contributed by atoms with Gasteiger partial charge in [0.05, 0.1) is 24.7 Å². The van der Waals surface area contributed by atoms with E-state index >= 15 is 0 Å². The predicted molar refractivity (Wildman–Crippen MR) is 104 cm³/mol. The summed E-state index contributed by atoms with van der Waals surface area (Å²) in [7, 11) is 0. The Bertz CT molecular complexity index is 731. The molecule has 4 N–H and O–H groups in total. The first-order valence-electron chi connectivity index (χ1n) is 9.62. The van der Waals surface area contributed by atoms with E-state index in [2.05, 4.69) is 14.9 Å². The molecule has 3 rings (SSSR count). The number of halogens is 3. The Kier molecular flexibility index (Phi) is 6.31. The topological polar surface area (TPSA) is 83.2 Å². The maximum absolute atomic E-state index is 12.9. The van der Waals surface area contributed by atoms with Gasteiger partial charge >= 0.3 is 6.18 Å². The van der Waals surface area contributed by atoms with Gasteiger partial charge in [-0.3, -0.25) is 9.98 Å². The van der Waals surface area contributed by atoms with Crippen LogP contribution in [-0.4, -0.2) is 60.5 Å². The van der Waals surface area contributed by atoms with Gasteiger partial charge in [0, 0.05) is 19.6 Å². The van der Waals surface area contributed by atoms with Gasteiger partial charge in [0.15, 0.2) is 11.9 Å². The summed E-state index contributed by atoms with van der Waals surface area (Å²) in [6, 6.07) is 5.67. The minimum Gasteiger partial charge on any atom is -0.370 e. The molecular weight excluding hydrogens is 369 g/mol. The Labute approximate surface area is 163 Å². The largest absolute Gasteiger partial charge is 0.416 e. The van der Waals surface area contributed by atoms with Gasteiger partial charge in [-0.25, -0.2) is 0 Å². The molecule has 2 aliphatic heterocycles. The molecule has 0 aliphatic carbocycles. The lowest BCUT2D eigenvalue weighted by Gasteiger charge is -2.27. The summed E-state index contributed by atoms with van der Waals surface area (Å²) < 4.78 is 38.6. The lowest BCUT2D eigenvalue weighted by atomic mass is 10.1. The summed E-state index contributed by atoms with van der Waals surface area (Å²) in [5.74, 6) is 1.10. The zero-order valence-electron chi connectivity index (χ0n) is 15.8. The Morgan fingerprint density at radius 3 is 2.61 bits per heavy atom. The van der Waals surface area contributed by atoms with Crippen molar-refractivity contribution in [3.8, 4) is 0 Å². The summed E-state index contributed by atoms with van der Waals surface area (Å²) in [4.78, 5) is 12.6. The van der Waals surface area contributed by atoms with Crippen molar-refractivity contribution < 1.29 is 13.2 Å². The van der Waals surface area contributed by atoms with E-state index in [1.165, 1.54) is 12.1 Å². The Morgan fingerprint density at radius 1 is 1.07 bits per heavy atom. The zero-order chi connectivity index (χ0) is 20.1. The molecule has 9 heteroatoms. The zero-order valence-corrected chi connectivity index (χ0v) is 15.8. The molecule has 0 spiro atoms. The number of hydrogen-bond acceptors (Lipinski definition) is 6. The van der Waals surface area contributed by atoms with Gasteiger partial charge in [-0.1, -0.05) is 18.2 Å². The van der Waals surface area contributed by atoms with E-state index in [1.54, 1.807) is 6.07 Å². The highest BCUT2D eigenvalue weighted by molar-refractivity contribution is 5.80. The van der Waals surface area contributed by atoms with E-state index in [0.717, 1.165) is 45.0 Å². The highest BCUT2D eigenvalue weighted by Crippen LogP contribution is 2.29. The van der Waals surface area contributed by atoms with Crippen molar-refractivity contribution in [3.63, 3.8) is 0 Å². The molecule has 0 saturated carbocycles. The third-order valence-electron chi connectivity index (χ3n) is 5.28. The summed E-state index contributed by atoms with van der Waals surface area (Å²) in [6.45, 7) is 3.74. The monoisotopic (exact) mass is 396 g/mol. The molecular formula is C19H27F3N6. The quantitative estimate of drug-likeness (QED) is 0.659. The standard InChI is InChI=1S/C19H27F3N6/c20-19(21,22)15-5-3-4-14(12-15)7-10-28-16(13-26-18(28)24)6-1-2-9-27-11-8-25-17(27)23/h3-5,12,16H,1-2,6-11,13H2,(H2,23,25)(H2,24,26)/t16-/m0/s1. The van der Waals surface area contributed by atoms with Crippen molar-refractivity contribution in [2.24, 2.45) is 21.5 Å². The van der Waals surface area contributed by atoms with Gasteiger partial charge in [-0.05, 0) is 37.3 Å². The SMILES string of the molecule is NC1=NCCN1CCCC[C@H]1CN=C(N)N1CCc1cccc(C(F)(F)F)c1. The van der Waals surface area contributed by atoms with E-state index < -0.39 is 11.7 Å². The first-order chi connectivity index (χ1) is 13.3. The van der Waals surface area contributed by atoms with Crippen molar-refractivity contribution in [2.75, 3.05) is 32.7 Å². The number of nitrogens with zero attached hydrogens (tertiary/aromatic N) is 4. The lowest BCUT2D eigenvalue weighted by molar-refractivity contribution is -0.137. The van der Waals surface area contributed by atoms with Gasteiger partial charge in [0.25, 0.3) is 0 Å². The number of guanidine groups is 2. The molecule has 1 aromatic rings. The van der Waals surface area contributed by atoms with Crippen molar-refractivity contribution in [1.29, 1.82) is 0 Å². The van der Waals surface area contributed by atoms with Crippen LogP contribution in [0.3, 0.4) is 0 Å². The molecule has 28 heavy (non-hydrogen) atoms. The van der Waals surface area contributed by atoms with Crippen LogP contribution in [0.5, 0.6) is 0 Å². The highest BCUT2D eigenvalue weighted by atomic mass is 19.4. The summed E-state index contributed by atoms with van der Waals surface area (Å²) in [5, 5.41) is 0. The molecule has 0 aromatic heterocycles. The first-order valence-corrected chi connectivity index (χ1v) is 9.62. The van der Waals surface area contributed by atoms with E-state index in [-0.39, 0.29) is 6.04 Å². The molecule has 1 atom stereocenters. The van der Waals surface area contributed by atoms with Gasteiger partial charge in [0.2, 0.25) is 0 Å². The van der Waals surface area contributed by atoms with Crippen molar-refractivity contribution in [3.05, 3.63) is 35.4 Å². The van der Waals surface area contributed by atoms with Gasteiger partial charge in [-0.15, -0.1) is 0 Å². The predicted octanol–water partition coefficient (Wildman–Crippen LogP) is 2.05. The number of unbranched alkanes of at least 4 members (excludes halogenated alkanes) is 1. The van der Waals surface area contributed by atoms with Crippen LogP contribution in [0.15, 0.2) is 34.3 Å². The van der Waals surface area contributed by atoms with Crippen molar-refractivity contribution in [1.82, 2.24) is 9.80 Å².